The molecule has 6 rings (SSSR count). The van der Waals surface area contributed by atoms with E-state index >= 15 is 0 Å². The molecule has 0 bridgehead atoms. The van der Waals surface area contributed by atoms with Gasteiger partial charge in [0.25, 0.3) is 0 Å². The predicted octanol–water partition coefficient (Wildman–Crippen LogP) is 4.63. The Labute approximate surface area is 271 Å². The van der Waals surface area contributed by atoms with Crippen LogP contribution in [0.5, 0.6) is 0 Å². The molecule has 232 valence electrons. The van der Waals surface area contributed by atoms with E-state index in [0.29, 0.717) is 0 Å². The van der Waals surface area contributed by atoms with Gasteiger partial charge in [-0.25, -0.2) is 0 Å². The number of anilines is 1. The van der Waals surface area contributed by atoms with Gasteiger partial charge in [-0.2, -0.15) is 0 Å². The second kappa shape index (κ2) is 10.3. The topological polar surface area (TPSA) is 113 Å². The Morgan fingerprint density at radius 1 is 0.773 bits per heavy atom. The van der Waals surface area contributed by atoms with Gasteiger partial charge in [-0.1, -0.05) is 31.9 Å². The quantitative estimate of drug-likeness (QED) is 0.211. The molecule has 2 fully saturated rings. The minimum absolute atomic E-state index is 0.0252. The number of ether oxygens (including phenoxy) is 4. The molecule has 2 saturated carbocycles. The van der Waals surface area contributed by atoms with Gasteiger partial charge in [-0.3, -0.25) is 19.2 Å². The number of hydrogen-bond acceptors (Lipinski definition) is 9. The third-order valence-electron chi connectivity index (χ3n) is 10.5. The largest absolute Gasteiger partial charge is 0.468 e. The van der Waals surface area contributed by atoms with Crippen LogP contribution in [-0.4, -0.2) is 70.0 Å². The van der Waals surface area contributed by atoms with Crippen LogP contribution < -0.4 is 4.90 Å². The molecule has 0 N–H and O–H groups in total. The average molecular weight is 732 g/mol. The molecule has 3 aromatic rings. The molecule has 1 aromatic heterocycles. The molecule has 0 unspecified atom stereocenters. The molecule has 0 radical (unpaired) electrons. The Morgan fingerprint density at radius 3 is 1.91 bits per heavy atom. The summed E-state index contributed by atoms with van der Waals surface area (Å²) < 4.78 is 25.1. The molecule has 2 aromatic carbocycles. The van der Waals surface area contributed by atoms with E-state index in [0.717, 1.165) is 36.7 Å². The van der Waals surface area contributed by atoms with Crippen LogP contribution >= 0.6 is 31.9 Å². The van der Waals surface area contributed by atoms with E-state index < -0.39 is 58.0 Å². The van der Waals surface area contributed by atoms with Gasteiger partial charge in [0.05, 0.1) is 34.5 Å². The highest BCUT2D eigenvalue weighted by molar-refractivity contribution is 9.10. The van der Waals surface area contributed by atoms with Crippen LogP contribution in [-0.2, 0) is 50.6 Å². The summed E-state index contributed by atoms with van der Waals surface area (Å²) in [5, 5.41) is 0.906. The van der Waals surface area contributed by atoms with E-state index in [1.54, 1.807) is 0 Å². The van der Waals surface area contributed by atoms with Crippen molar-refractivity contribution in [1.29, 1.82) is 0 Å². The second-order valence-electron chi connectivity index (χ2n) is 11.9. The summed E-state index contributed by atoms with van der Waals surface area (Å²) >= 11 is 7.25. The maximum atomic E-state index is 14.1. The number of carbonyl (C=O) groups excluding carboxylic acids is 4. The Hall–Kier alpha value is -3.38. The van der Waals surface area contributed by atoms with Gasteiger partial charge in [0.15, 0.2) is 10.8 Å². The number of nitrogens with zero attached hydrogens (tertiary/aromatic N) is 2. The van der Waals surface area contributed by atoms with Crippen molar-refractivity contribution in [3.05, 3.63) is 62.7 Å². The fraction of sp³-hybridized carbons (Fsp3) is 0.438. The van der Waals surface area contributed by atoms with Gasteiger partial charge >= 0.3 is 23.9 Å². The Balaban J connectivity index is 1.82. The van der Waals surface area contributed by atoms with Crippen LogP contribution in [0.3, 0.4) is 0 Å². The molecule has 3 aliphatic rings. The summed E-state index contributed by atoms with van der Waals surface area (Å²) in [6, 6.07) is 10.8. The van der Waals surface area contributed by atoms with Crippen molar-refractivity contribution in [3.63, 3.8) is 0 Å². The highest BCUT2D eigenvalue weighted by atomic mass is 79.9. The summed E-state index contributed by atoms with van der Waals surface area (Å²) in [4.78, 5) is 58.3. The van der Waals surface area contributed by atoms with E-state index in [-0.39, 0.29) is 12.8 Å². The Kier molecular flexibility index (Phi) is 7.20. The first kappa shape index (κ1) is 30.6. The zero-order valence-corrected chi connectivity index (χ0v) is 28.3. The van der Waals surface area contributed by atoms with Crippen molar-refractivity contribution in [1.82, 2.24) is 4.57 Å². The minimum Gasteiger partial charge on any atom is -0.468 e. The summed E-state index contributed by atoms with van der Waals surface area (Å²) in [5.41, 5.74) is -1.56. The number of benzene rings is 2. The number of aromatic nitrogens is 1. The van der Waals surface area contributed by atoms with Gasteiger partial charge < -0.3 is 28.4 Å². The van der Waals surface area contributed by atoms with Crippen LogP contribution in [0.1, 0.15) is 29.9 Å². The third-order valence-corrected chi connectivity index (χ3v) is 11.5. The summed E-state index contributed by atoms with van der Waals surface area (Å²) in [5.74, 6) is -4.66. The molecule has 12 heteroatoms. The van der Waals surface area contributed by atoms with Gasteiger partial charge in [0, 0.05) is 51.2 Å². The van der Waals surface area contributed by atoms with Crippen molar-refractivity contribution < 1.29 is 38.1 Å². The number of hydrogen-bond donors (Lipinski definition) is 0. The van der Waals surface area contributed by atoms with E-state index in [4.69, 9.17) is 18.9 Å². The average Bonchev–Trinajstić information content (AvgIpc) is 3.69. The highest BCUT2D eigenvalue weighted by Crippen LogP contribution is 2.77. The first-order valence-electron chi connectivity index (χ1n) is 14.0. The number of fused-ring (bicyclic) bond motifs is 2. The standard InChI is InChI=1S/C32H32Br2N2O8/c1-35-15-19(18-11-16(33)7-9-22(18)35)21-13-30(26(37)41-3,27(38)42-4)24-14-31(28(39)43-5,29(40)44-6)25-32(21,24)20-12-17(34)8-10-23(20)36(25)2/h7-12,15,21,24-25H,13-14H2,1-6H3/t21-,24-,25+,32+/m0/s1. The number of carbonyl (C=O) groups is 4. The molecule has 10 nitrogen and oxygen atoms in total. The van der Waals surface area contributed by atoms with Crippen LogP contribution in [0.15, 0.2) is 51.5 Å². The number of rotatable bonds is 5. The number of methoxy groups -OCH3 is 4. The monoisotopic (exact) mass is 730 g/mol. The number of aryl methyl sites for hydroxylation is 1. The summed E-state index contributed by atoms with van der Waals surface area (Å²) in [7, 11) is 8.66. The van der Waals surface area contributed by atoms with E-state index in [1.165, 1.54) is 28.4 Å². The SMILES string of the molecule is COC(=O)C1(C(=O)OC)C[C@H]2C(C(=O)OC)(C(=O)OC)C[C@@H](c3cn(C)c4ccc(Br)cc34)[C@]23c2cc(Br)ccc2N(C)[C@H]13. The van der Waals surface area contributed by atoms with Gasteiger partial charge in [0.2, 0.25) is 0 Å². The molecule has 2 heterocycles. The van der Waals surface area contributed by atoms with Crippen molar-refractivity contribution in [2.24, 2.45) is 23.8 Å². The van der Waals surface area contributed by atoms with Gasteiger partial charge in [-0.05, 0) is 72.2 Å². The van der Waals surface area contributed by atoms with Crippen molar-refractivity contribution >= 4 is 72.3 Å². The van der Waals surface area contributed by atoms with E-state index in [9.17, 15) is 19.2 Å². The van der Waals surface area contributed by atoms with Crippen molar-refractivity contribution in [3.8, 4) is 0 Å². The first-order chi connectivity index (χ1) is 20.9. The minimum atomic E-state index is -1.90. The fourth-order valence-corrected chi connectivity index (χ4v) is 9.82. The van der Waals surface area contributed by atoms with E-state index in [1.807, 2.05) is 66.2 Å². The van der Waals surface area contributed by atoms with Crippen molar-refractivity contribution in [2.75, 3.05) is 40.4 Å². The molecular formula is C32H32Br2N2O8. The predicted molar refractivity (Wildman–Crippen MR) is 167 cm³/mol. The second-order valence-corrected chi connectivity index (χ2v) is 13.7. The van der Waals surface area contributed by atoms with Crippen molar-refractivity contribution in [2.45, 2.75) is 30.2 Å². The van der Waals surface area contributed by atoms with Gasteiger partial charge in [-0.15, -0.1) is 0 Å². The fourth-order valence-electron chi connectivity index (χ4n) is 9.10. The Morgan fingerprint density at radius 2 is 1.32 bits per heavy atom. The number of esters is 4. The molecule has 0 saturated heterocycles. The maximum Gasteiger partial charge on any atom is 0.325 e. The first-order valence-corrected chi connectivity index (χ1v) is 15.6. The zero-order chi connectivity index (χ0) is 31.9. The molecular weight excluding hydrogens is 700 g/mol. The lowest BCUT2D eigenvalue weighted by molar-refractivity contribution is -0.177. The van der Waals surface area contributed by atoms with Crippen LogP contribution in [0.25, 0.3) is 10.9 Å². The summed E-state index contributed by atoms with van der Waals surface area (Å²) in [6.45, 7) is 0. The molecule has 44 heavy (non-hydrogen) atoms. The molecule has 2 aliphatic carbocycles. The number of halogens is 2. The Bertz CT molecular complexity index is 1720. The number of likely N-dealkylation sites (N-methyl/N-ethyl adjacent to an activating group) is 1. The normalized spacial score (nSPS) is 25.6. The van der Waals surface area contributed by atoms with Crippen LogP contribution in [0, 0.1) is 16.7 Å². The zero-order valence-electron chi connectivity index (χ0n) is 25.1. The smallest absolute Gasteiger partial charge is 0.325 e. The lowest BCUT2D eigenvalue weighted by Crippen LogP contribution is -2.58. The molecule has 1 aliphatic heterocycles. The van der Waals surface area contributed by atoms with Gasteiger partial charge in [0.1, 0.15) is 0 Å². The lowest BCUT2D eigenvalue weighted by Gasteiger charge is -2.42. The van der Waals surface area contributed by atoms with Crippen LogP contribution in [0.2, 0.25) is 0 Å². The lowest BCUT2D eigenvalue weighted by atomic mass is 9.63. The molecule has 4 atom stereocenters. The van der Waals surface area contributed by atoms with Crippen LogP contribution in [0.4, 0.5) is 5.69 Å². The van der Waals surface area contributed by atoms with E-state index in [2.05, 4.69) is 31.9 Å². The maximum absolute atomic E-state index is 14.1. The summed E-state index contributed by atoms with van der Waals surface area (Å²) in [6.07, 6.45) is 1.82. The third kappa shape index (κ3) is 3.52. The molecule has 1 spiro atoms. The molecule has 0 amide bonds. The highest BCUT2D eigenvalue weighted by Gasteiger charge is 2.85.